The Balaban J connectivity index is 1.62. The standard InChI is InChI=1S/C20H21NO2/c1-22-19-8-4-15(5-9-19)13-21-14-16-3-6-18-12-20(23-2)10-7-17(18)11-16/h3-12,21H,13-14H2,1-2H3. The molecule has 0 aliphatic heterocycles. The lowest BCUT2D eigenvalue weighted by molar-refractivity contribution is 0.414. The van der Waals surface area contributed by atoms with Crippen molar-refractivity contribution in [2.45, 2.75) is 13.1 Å². The van der Waals surface area contributed by atoms with Gasteiger partial charge < -0.3 is 14.8 Å². The highest BCUT2D eigenvalue weighted by Gasteiger charge is 2.00. The fourth-order valence-corrected chi connectivity index (χ4v) is 2.60. The molecule has 0 aromatic heterocycles. The van der Waals surface area contributed by atoms with Gasteiger partial charge in [0.05, 0.1) is 14.2 Å². The van der Waals surface area contributed by atoms with Crippen molar-refractivity contribution in [2.24, 2.45) is 0 Å². The third-order valence-electron chi connectivity index (χ3n) is 3.93. The molecule has 0 amide bonds. The van der Waals surface area contributed by atoms with Gasteiger partial charge in [-0.1, -0.05) is 30.3 Å². The molecule has 0 heterocycles. The Morgan fingerprint density at radius 1 is 0.652 bits per heavy atom. The van der Waals surface area contributed by atoms with E-state index in [0.29, 0.717) is 0 Å². The average molecular weight is 307 g/mol. The largest absolute Gasteiger partial charge is 0.497 e. The number of hydrogen-bond donors (Lipinski definition) is 1. The molecule has 118 valence electrons. The molecule has 0 saturated heterocycles. The summed E-state index contributed by atoms with van der Waals surface area (Å²) in [5.41, 5.74) is 2.52. The Hall–Kier alpha value is -2.52. The lowest BCUT2D eigenvalue weighted by Crippen LogP contribution is -2.12. The number of benzene rings is 3. The lowest BCUT2D eigenvalue weighted by Gasteiger charge is -2.08. The highest BCUT2D eigenvalue weighted by molar-refractivity contribution is 5.84. The summed E-state index contributed by atoms with van der Waals surface area (Å²) in [7, 11) is 3.38. The molecule has 0 atom stereocenters. The smallest absolute Gasteiger partial charge is 0.119 e. The molecule has 23 heavy (non-hydrogen) atoms. The first kappa shape index (κ1) is 15.4. The van der Waals surface area contributed by atoms with Crippen LogP contribution in [0.1, 0.15) is 11.1 Å². The van der Waals surface area contributed by atoms with Gasteiger partial charge in [-0.3, -0.25) is 0 Å². The molecule has 0 radical (unpaired) electrons. The number of ether oxygens (including phenoxy) is 2. The van der Waals surface area contributed by atoms with Crippen LogP contribution in [0.25, 0.3) is 10.8 Å². The maximum absolute atomic E-state index is 5.26. The summed E-state index contributed by atoms with van der Waals surface area (Å²) in [4.78, 5) is 0. The van der Waals surface area contributed by atoms with Crippen LogP contribution in [0.3, 0.4) is 0 Å². The number of methoxy groups -OCH3 is 2. The first-order valence-corrected chi connectivity index (χ1v) is 7.69. The third-order valence-corrected chi connectivity index (χ3v) is 3.93. The summed E-state index contributed by atoms with van der Waals surface area (Å²) in [6.45, 7) is 1.68. The second-order valence-electron chi connectivity index (χ2n) is 5.50. The fourth-order valence-electron chi connectivity index (χ4n) is 2.60. The minimum Gasteiger partial charge on any atom is -0.497 e. The van der Waals surface area contributed by atoms with Crippen LogP contribution < -0.4 is 14.8 Å². The molecule has 3 nitrogen and oxygen atoms in total. The van der Waals surface area contributed by atoms with Gasteiger partial charge in [-0.15, -0.1) is 0 Å². The molecule has 3 aromatic carbocycles. The third kappa shape index (κ3) is 3.82. The molecule has 0 aliphatic carbocycles. The van der Waals surface area contributed by atoms with Crippen LogP contribution in [0.4, 0.5) is 0 Å². The minimum absolute atomic E-state index is 0.838. The highest BCUT2D eigenvalue weighted by Crippen LogP contribution is 2.22. The molecule has 0 spiro atoms. The van der Waals surface area contributed by atoms with Crippen LogP contribution in [-0.2, 0) is 13.1 Å². The van der Waals surface area contributed by atoms with Crippen molar-refractivity contribution in [1.82, 2.24) is 5.32 Å². The molecule has 0 saturated carbocycles. The summed E-state index contributed by atoms with van der Waals surface area (Å²) in [5.74, 6) is 1.78. The summed E-state index contributed by atoms with van der Waals surface area (Å²) < 4.78 is 10.4. The summed E-state index contributed by atoms with van der Waals surface area (Å²) in [5, 5.41) is 5.91. The summed E-state index contributed by atoms with van der Waals surface area (Å²) in [6.07, 6.45) is 0. The zero-order valence-corrected chi connectivity index (χ0v) is 13.5. The number of nitrogens with one attached hydrogen (secondary N) is 1. The van der Waals surface area contributed by atoms with Crippen molar-refractivity contribution in [3.05, 3.63) is 71.8 Å². The fraction of sp³-hybridized carbons (Fsp3) is 0.200. The molecule has 0 fully saturated rings. The van der Waals surface area contributed by atoms with Crippen LogP contribution >= 0.6 is 0 Å². The molecule has 1 N–H and O–H groups in total. The maximum atomic E-state index is 5.26. The van der Waals surface area contributed by atoms with Crippen LogP contribution in [-0.4, -0.2) is 14.2 Å². The number of fused-ring (bicyclic) bond motifs is 1. The Bertz CT molecular complexity index is 781. The van der Waals surface area contributed by atoms with Crippen molar-refractivity contribution in [3.8, 4) is 11.5 Å². The normalized spacial score (nSPS) is 10.7. The van der Waals surface area contributed by atoms with Gasteiger partial charge in [-0.25, -0.2) is 0 Å². The summed E-state index contributed by atoms with van der Waals surface area (Å²) in [6, 6.07) is 20.8. The molecule has 0 aliphatic rings. The predicted molar refractivity (Wildman–Crippen MR) is 94.0 cm³/mol. The van der Waals surface area contributed by atoms with Gasteiger partial charge >= 0.3 is 0 Å². The lowest BCUT2D eigenvalue weighted by atomic mass is 10.1. The Labute approximate surface area is 136 Å². The van der Waals surface area contributed by atoms with E-state index in [1.807, 2.05) is 18.2 Å². The summed E-state index contributed by atoms with van der Waals surface area (Å²) >= 11 is 0. The van der Waals surface area contributed by atoms with Crippen molar-refractivity contribution in [3.63, 3.8) is 0 Å². The zero-order chi connectivity index (χ0) is 16.1. The van der Waals surface area contributed by atoms with E-state index in [0.717, 1.165) is 24.6 Å². The van der Waals surface area contributed by atoms with Gasteiger partial charge in [0.25, 0.3) is 0 Å². The van der Waals surface area contributed by atoms with E-state index in [2.05, 4.69) is 47.8 Å². The first-order valence-electron chi connectivity index (χ1n) is 7.69. The van der Waals surface area contributed by atoms with Crippen molar-refractivity contribution in [1.29, 1.82) is 0 Å². The molecule has 0 bridgehead atoms. The number of hydrogen-bond acceptors (Lipinski definition) is 3. The van der Waals surface area contributed by atoms with Crippen LogP contribution in [0, 0.1) is 0 Å². The van der Waals surface area contributed by atoms with Crippen molar-refractivity contribution >= 4 is 10.8 Å². The predicted octanol–water partition coefficient (Wildman–Crippen LogP) is 4.15. The van der Waals surface area contributed by atoms with Gasteiger partial charge in [-0.2, -0.15) is 0 Å². The van der Waals surface area contributed by atoms with E-state index in [9.17, 15) is 0 Å². The monoisotopic (exact) mass is 307 g/mol. The van der Waals surface area contributed by atoms with Gasteiger partial charge in [0.2, 0.25) is 0 Å². The van der Waals surface area contributed by atoms with E-state index < -0.39 is 0 Å². The topological polar surface area (TPSA) is 30.5 Å². The van der Waals surface area contributed by atoms with E-state index >= 15 is 0 Å². The second-order valence-corrected chi connectivity index (χ2v) is 5.50. The van der Waals surface area contributed by atoms with Crippen LogP contribution in [0.5, 0.6) is 11.5 Å². The highest BCUT2D eigenvalue weighted by atomic mass is 16.5. The van der Waals surface area contributed by atoms with Gasteiger partial charge in [0, 0.05) is 13.1 Å². The van der Waals surface area contributed by atoms with E-state index in [1.165, 1.54) is 21.9 Å². The van der Waals surface area contributed by atoms with E-state index in [4.69, 9.17) is 9.47 Å². The molecular weight excluding hydrogens is 286 g/mol. The van der Waals surface area contributed by atoms with Crippen LogP contribution in [0.2, 0.25) is 0 Å². The number of rotatable bonds is 6. The van der Waals surface area contributed by atoms with Crippen molar-refractivity contribution in [2.75, 3.05) is 14.2 Å². The van der Waals surface area contributed by atoms with E-state index in [1.54, 1.807) is 14.2 Å². The molecule has 3 rings (SSSR count). The zero-order valence-electron chi connectivity index (χ0n) is 13.5. The SMILES string of the molecule is COc1ccc(CNCc2ccc3cc(OC)ccc3c2)cc1. The molecular formula is C20H21NO2. The second kappa shape index (κ2) is 7.16. The van der Waals surface area contributed by atoms with Crippen molar-refractivity contribution < 1.29 is 9.47 Å². The Morgan fingerprint density at radius 3 is 1.96 bits per heavy atom. The van der Waals surface area contributed by atoms with Gasteiger partial charge in [0.1, 0.15) is 11.5 Å². The van der Waals surface area contributed by atoms with Crippen LogP contribution in [0.15, 0.2) is 60.7 Å². The Morgan fingerprint density at radius 2 is 1.22 bits per heavy atom. The Kier molecular flexibility index (Phi) is 4.79. The van der Waals surface area contributed by atoms with E-state index in [-0.39, 0.29) is 0 Å². The van der Waals surface area contributed by atoms with Gasteiger partial charge in [-0.05, 0) is 52.2 Å². The average Bonchev–Trinajstić information content (AvgIpc) is 2.62. The molecule has 3 aromatic rings. The maximum Gasteiger partial charge on any atom is 0.119 e. The quantitative estimate of drug-likeness (QED) is 0.742. The minimum atomic E-state index is 0.838. The van der Waals surface area contributed by atoms with Gasteiger partial charge in [0.15, 0.2) is 0 Å². The first-order chi connectivity index (χ1) is 11.3. The molecule has 0 unspecified atom stereocenters. The molecule has 3 heteroatoms.